The third-order valence-electron chi connectivity index (χ3n) is 2.83. The molecule has 2 aromatic heterocycles. The molecule has 0 aliphatic heterocycles. The topological polar surface area (TPSA) is 88.4 Å². The molecular weight excluding hydrogens is 316 g/mol. The number of nitrogens with zero attached hydrogens (tertiary/aromatic N) is 1. The number of aromatic carboxylic acids is 1. The molecule has 3 aromatic rings. The summed E-state index contributed by atoms with van der Waals surface area (Å²) in [6.45, 7) is 0. The van der Waals surface area contributed by atoms with Crippen LogP contribution in [-0.4, -0.2) is 15.8 Å². The molecule has 0 fully saturated rings. The van der Waals surface area contributed by atoms with E-state index < -0.39 is 17.1 Å². The molecule has 0 spiro atoms. The Balaban J connectivity index is 2.02. The summed E-state index contributed by atoms with van der Waals surface area (Å²) in [6, 6.07) is 8.49. The molecule has 0 atom stereocenters. The van der Waals surface area contributed by atoms with Crippen LogP contribution in [0.2, 0.25) is 5.02 Å². The molecule has 0 saturated heterocycles. The van der Waals surface area contributed by atoms with Gasteiger partial charge in [-0.05, 0) is 23.8 Å². The number of rotatable bonds is 4. The summed E-state index contributed by atoms with van der Waals surface area (Å²) in [6.07, 6.45) is 0. The van der Waals surface area contributed by atoms with Crippen molar-refractivity contribution in [1.29, 1.82) is 0 Å². The maximum absolute atomic E-state index is 11.2. The van der Waals surface area contributed by atoms with Gasteiger partial charge < -0.3 is 5.11 Å². The predicted octanol–water partition coefficient (Wildman–Crippen LogP) is 2.04. The van der Waals surface area contributed by atoms with Crippen molar-refractivity contribution in [3.8, 4) is 10.4 Å². The molecule has 21 heavy (non-hydrogen) atoms. The zero-order valence-electron chi connectivity index (χ0n) is 10.3. The number of benzene rings is 1. The van der Waals surface area contributed by atoms with Crippen LogP contribution in [0.15, 0.2) is 39.9 Å². The van der Waals surface area contributed by atoms with Crippen molar-refractivity contribution in [2.45, 2.75) is 0 Å². The number of hydrogen-bond donors (Lipinski definition) is 2. The number of halogens is 1. The molecule has 3 rings (SSSR count). The van der Waals surface area contributed by atoms with Crippen LogP contribution in [0.5, 0.6) is 0 Å². The lowest BCUT2D eigenvalue weighted by Crippen LogP contribution is -2.09. The quantitative estimate of drug-likeness (QED) is 0.718. The maximum atomic E-state index is 11.2. The first kappa shape index (κ1) is 13.6. The number of carboxylic acid groups (broad SMARTS) is 1. The molecule has 0 aliphatic carbocycles. The number of anilines is 1. The molecule has 2 heterocycles. The fraction of sp³-hybridized carbons (Fsp3) is 0. The fourth-order valence-corrected chi connectivity index (χ4v) is 2.82. The smallest absolute Gasteiger partial charge is 0.348 e. The van der Waals surface area contributed by atoms with Crippen LogP contribution in [0.25, 0.3) is 10.4 Å². The van der Waals surface area contributed by atoms with Gasteiger partial charge in [-0.2, -0.15) is 4.68 Å². The van der Waals surface area contributed by atoms with Crippen molar-refractivity contribution in [2.75, 3.05) is 5.43 Å². The second kappa shape index (κ2) is 4.87. The molecular formula is C13H7ClN2O4S. The molecule has 0 unspecified atom stereocenters. The molecule has 0 saturated carbocycles. The Kier molecular flexibility index (Phi) is 3.15. The minimum absolute atomic E-state index is 0.0208. The van der Waals surface area contributed by atoms with Crippen molar-refractivity contribution in [1.82, 2.24) is 4.68 Å². The van der Waals surface area contributed by atoms with E-state index in [0.29, 0.717) is 9.90 Å². The molecule has 0 bridgehead atoms. The van der Waals surface area contributed by atoms with Gasteiger partial charge >= 0.3 is 17.1 Å². The molecule has 0 aliphatic rings. The van der Waals surface area contributed by atoms with Crippen molar-refractivity contribution in [2.24, 2.45) is 0 Å². The van der Waals surface area contributed by atoms with Gasteiger partial charge in [0.25, 0.3) is 0 Å². The summed E-state index contributed by atoms with van der Waals surface area (Å²) in [5, 5.41) is 9.77. The van der Waals surface area contributed by atoms with Gasteiger partial charge in [0.1, 0.15) is 4.88 Å². The normalized spacial score (nSPS) is 10.9. The molecule has 6 nitrogen and oxygen atoms in total. The van der Waals surface area contributed by atoms with Gasteiger partial charge in [0.05, 0.1) is 5.69 Å². The van der Waals surface area contributed by atoms with Crippen LogP contribution in [0.1, 0.15) is 9.67 Å². The van der Waals surface area contributed by atoms with Crippen LogP contribution in [0, 0.1) is 0 Å². The molecule has 8 heteroatoms. The van der Waals surface area contributed by atoms with Gasteiger partial charge in [-0.1, -0.05) is 23.7 Å². The van der Waals surface area contributed by atoms with Crippen molar-refractivity contribution in [3.63, 3.8) is 0 Å². The van der Waals surface area contributed by atoms with Gasteiger partial charge in [0.2, 0.25) is 0 Å². The number of carbonyl (C=O) groups is 1. The highest BCUT2D eigenvalue weighted by Crippen LogP contribution is 2.35. The second-order valence-corrected chi connectivity index (χ2v) is 5.71. The lowest BCUT2D eigenvalue weighted by Gasteiger charge is -1.98. The molecule has 0 radical (unpaired) electrons. The van der Waals surface area contributed by atoms with Crippen LogP contribution >= 0.6 is 22.9 Å². The number of aromatic nitrogens is 1. The van der Waals surface area contributed by atoms with Gasteiger partial charge in [-0.25, -0.2) is 4.79 Å². The Bertz CT molecular complexity index is 878. The SMILES string of the molecule is O=C(O)c1sc(-c2ccc(Cl)cc2)cc1Nn1c(=O)c1=O. The van der Waals surface area contributed by atoms with E-state index in [1.165, 1.54) is 0 Å². The lowest BCUT2D eigenvalue weighted by molar-refractivity contribution is 0.0703. The Morgan fingerprint density at radius 2 is 1.81 bits per heavy atom. The molecule has 1 aromatic carbocycles. The number of hydrogen-bond acceptors (Lipinski definition) is 5. The van der Waals surface area contributed by atoms with Crippen LogP contribution in [0.3, 0.4) is 0 Å². The Labute approximate surface area is 126 Å². The first-order chi connectivity index (χ1) is 9.97. The van der Waals surface area contributed by atoms with E-state index in [0.717, 1.165) is 21.6 Å². The summed E-state index contributed by atoms with van der Waals surface area (Å²) >= 11 is 6.85. The third-order valence-corrected chi connectivity index (χ3v) is 4.25. The van der Waals surface area contributed by atoms with Gasteiger partial charge in [0, 0.05) is 9.90 Å². The second-order valence-electron chi connectivity index (χ2n) is 4.22. The average molecular weight is 323 g/mol. The van der Waals surface area contributed by atoms with Crippen LogP contribution in [-0.2, 0) is 0 Å². The van der Waals surface area contributed by atoms with Crippen molar-refractivity contribution < 1.29 is 9.90 Å². The first-order valence-corrected chi connectivity index (χ1v) is 6.95. The zero-order valence-corrected chi connectivity index (χ0v) is 11.9. The average Bonchev–Trinajstić information content (AvgIpc) is 2.88. The van der Waals surface area contributed by atoms with Crippen molar-refractivity contribution in [3.05, 3.63) is 60.9 Å². The van der Waals surface area contributed by atoms with Gasteiger partial charge in [0.15, 0.2) is 0 Å². The molecule has 2 N–H and O–H groups in total. The predicted molar refractivity (Wildman–Crippen MR) is 80.1 cm³/mol. The Morgan fingerprint density at radius 1 is 1.19 bits per heavy atom. The summed E-state index contributed by atoms with van der Waals surface area (Å²) in [7, 11) is 0. The van der Waals surface area contributed by atoms with E-state index >= 15 is 0 Å². The van der Waals surface area contributed by atoms with E-state index in [9.17, 15) is 19.5 Å². The van der Waals surface area contributed by atoms with Gasteiger partial charge in [-0.3, -0.25) is 15.0 Å². The highest BCUT2D eigenvalue weighted by Gasteiger charge is 2.22. The summed E-state index contributed by atoms with van der Waals surface area (Å²) in [5.41, 5.74) is 2.13. The van der Waals surface area contributed by atoms with Crippen LogP contribution < -0.4 is 16.5 Å². The molecule has 106 valence electrons. The molecule has 0 amide bonds. The third kappa shape index (κ3) is 2.48. The number of carboxylic acids is 1. The summed E-state index contributed by atoms with van der Waals surface area (Å²) < 4.78 is 0.764. The fourth-order valence-electron chi connectivity index (χ4n) is 1.75. The summed E-state index contributed by atoms with van der Waals surface area (Å²) in [5.74, 6) is -1.13. The number of thiophene rings is 1. The Morgan fingerprint density at radius 3 is 2.33 bits per heavy atom. The Hall–Kier alpha value is -2.38. The largest absolute Gasteiger partial charge is 0.477 e. The monoisotopic (exact) mass is 322 g/mol. The summed E-state index contributed by atoms with van der Waals surface area (Å²) in [4.78, 5) is 33.9. The van der Waals surface area contributed by atoms with E-state index in [1.807, 2.05) is 0 Å². The zero-order chi connectivity index (χ0) is 15.1. The minimum Gasteiger partial charge on any atom is -0.477 e. The lowest BCUT2D eigenvalue weighted by atomic mass is 10.2. The maximum Gasteiger partial charge on any atom is 0.348 e. The number of nitrogens with one attached hydrogen (secondary N) is 1. The standard InChI is InChI=1S/C13H7ClN2O4S/c14-7-3-1-6(2-4-7)9-5-8(10(21-9)13(19)20)15-16-11(17)12(16)18/h1-5,15H,(H,19,20). The van der Waals surface area contributed by atoms with Crippen molar-refractivity contribution >= 4 is 34.6 Å². The van der Waals surface area contributed by atoms with Crippen LogP contribution in [0.4, 0.5) is 5.69 Å². The van der Waals surface area contributed by atoms with E-state index in [-0.39, 0.29) is 10.6 Å². The van der Waals surface area contributed by atoms with Gasteiger partial charge in [-0.15, -0.1) is 11.3 Å². The van der Waals surface area contributed by atoms with E-state index in [2.05, 4.69) is 5.43 Å². The van der Waals surface area contributed by atoms with E-state index in [4.69, 9.17) is 11.6 Å². The highest BCUT2D eigenvalue weighted by atomic mass is 35.5. The minimum atomic E-state index is -1.13. The van der Waals surface area contributed by atoms with E-state index in [1.54, 1.807) is 30.3 Å². The first-order valence-electron chi connectivity index (χ1n) is 5.75. The highest BCUT2D eigenvalue weighted by molar-refractivity contribution is 7.18.